The molecule has 0 aromatic heterocycles. The first-order valence-corrected chi connectivity index (χ1v) is 11.6. The third-order valence-corrected chi connectivity index (χ3v) is 7.72. The van der Waals surface area contributed by atoms with Gasteiger partial charge < -0.3 is 5.32 Å². The van der Waals surface area contributed by atoms with Gasteiger partial charge in [-0.1, -0.05) is 23.4 Å². The number of piperazine rings is 1. The molecule has 148 valence electrons. The molecule has 0 spiro atoms. The monoisotopic (exact) mass is 435 g/mol. The summed E-state index contributed by atoms with van der Waals surface area (Å²) in [5, 5.41) is 13.2. The molecule has 2 aromatic rings. The molecule has 1 heterocycles. The van der Waals surface area contributed by atoms with E-state index in [2.05, 4.69) is 5.32 Å². The van der Waals surface area contributed by atoms with Crippen molar-refractivity contribution in [3.8, 4) is 6.07 Å². The van der Waals surface area contributed by atoms with E-state index in [1.54, 1.807) is 12.1 Å². The van der Waals surface area contributed by atoms with Crippen molar-refractivity contribution in [2.24, 2.45) is 0 Å². The van der Waals surface area contributed by atoms with Gasteiger partial charge in [-0.15, -0.1) is 0 Å². The van der Waals surface area contributed by atoms with E-state index in [0.29, 0.717) is 28.6 Å². The number of hydrogen-bond donors (Lipinski definition) is 1. The molecule has 0 saturated carbocycles. The van der Waals surface area contributed by atoms with E-state index in [0.717, 1.165) is 10.5 Å². The van der Waals surface area contributed by atoms with Crippen molar-refractivity contribution in [3.05, 3.63) is 52.5 Å². The highest BCUT2D eigenvalue weighted by Gasteiger charge is 2.33. The van der Waals surface area contributed by atoms with Crippen LogP contribution < -0.4 is 5.32 Å². The number of hydrogen-bond acceptors (Lipinski definition) is 5. The van der Waals surface area contributed by atoms with Crippen molar-refractivity contribution in [2.75, 3.05) is 13.1 Å². The van der Waals surface area contributed by atoms with Crippen LogP contribution in [-0.4, -0.2) is 37.9 Å². The van der Waals surface area contributed by atoms with Gasteiger partial charge >= 0.3 is 0 Å². The summed E-state index contributed by atoms with van der Waals surface area (Å²) < 4.78 is 28.4. The number of aryl methyl sites for hydroxylation is 1. The summed E-state index contributed by atoms with van der Waals surface area (Å²) in [5.41, 5.74) is 1.32. The van der Waals surface area contributed by atoms with E-state index >= 15 is 0 Å². The molecule has 1 aliphatic heterocycles. The highest BCUT2D eigenvalue weighted by molar-refractivity contribution is 8.00. The summed E-state index contributed by atoms with van der Waals surface area (Å²) in [6, 6.07) is 12.6. The molecule has 0 amide bonds. The van der Waals surface area contributed by atoms with Crippen molar-refractivity contribution in [1.29, 1.82) is 5.26 Å². The van der Waals surface area contributed by atoms with E-state index in [-0.39, 0.29) is 17.0 Å². The number of nitrogens with one attached hydrogen (secondary N) is 1. The van der Waals surface area contributed by atoms with Crippen LogP contribution in [0, 0.1) is 18.3 Å². The molecule has 0 radical (unpaired) electrons. The minimum Gasteiger partial charge on any atom is -0.309 e. The Bertz CT molecular complexity index is 1000. The van der Waals surface area contributed by atoms with Gasteiger partial charge in [0, 0.05) is 40.0 Å². The highest BCUT2D eigenvalue weighted by Crippen LogP contribution is 2.36. The Labute approximate surface area is 175 Å². The van der Waals surface area contributed by atoms with Gasteiger partial charge in [0.1, 0.15) is 0 Å². The smallest absolute Gasteiger partial charge is 0.244 e. The van der Waals surface area contributed by atoms with Gasteiger partial charge in [0.05, 0.1) is 16.5 Å². The normalized spacial score (nSPS) is 20.7. The van der Waals surface area contributed by atoms with Gasteiger partial charge in [-0.3, -0.25) is 0 Å². The van der Waals surface area contributed by atoms with Gasteiger partial charge in [0.15, 0.2) is 0 Å². The van der Waals surface area contributed by atoms with Crippen LogP contribution in [0.3, 0.4) is 0 Å². The quantitative estimate of drug-likeness (QED) is 0.784. The third kappa shape index (κ3) is 4.70. The van der Waals surface area contributed by atoms with Gasteiger partial charge in [-0.25, -0.2) is 8.42 Å². The first kappa shape index (κ1) is 21.2. The Kier molecular flexibility index (Phi) is 6.37. The molecule has 8 heteroatoms. The number of halogens is 1. The minimum atomic E-state index is -3.74. The van der Waals surface area contributed by atoms with E-state index in [1.807, 2.05) is 45.0 Å². The second-order valence-electron chi connectivity index (χ2n) is 7.13. The maximum Gasteiger partial charge on any atom is 0.244 e. The fraction of sp³-hybridized carbons (Fsp3) is 0.350. The van der Waals surface area contributed by atoms with Crippen LogP contribution in [0.4, 0.5) is 0 Å². The van der Waals surface area contributed by atoms with Crippen LogP contribution in [0.15, 0.2) is 51.1 Å². The Morgan fingerprint density at radius 3 is 2.46 bits per heavy atom. The van der Waals surface area contributed by atoms with E-state index in [9.17, 15) is 13.7 Å². The SMILES string of the molecule is Cc1cc(Cl)cc(Sc2ccc(C#N)cc2S(=O)(=O)N2CC(C)NC(C)C2)c1. The predicted molar refractivity (Wildman–Crippen MR) is 112 cm³/mol. The Balaban J connectivity index is 2.04. The van der Waals surface area contributed by atoms with Crippen LogP contribution in [-0.2, 0) is 10.0 Å². The van der Waals surface area contributed by atoms with Crippen LogP contribution in [0.2, 0.25) is 5.02 Å². The third-order valence-electron chi connectivity index (χ3n) is 4.46. The fourth-order valence-electron chi connectivity index (χ4n) is 3.36. The summed E-state index contributed by atoms with van der Waals surface area (Å²) in [7, 11) is -3.74. The molecule has 0 bridgehead atoms. The van der Waals surface area contributed by atoms with E-state index in [4.69, 9.17) is 11.6 Å². The fourth-order valence-corrected chi connectivity index (χ4v) is 6.86. The highest BCUT2D eigenvalue weighted by atomic mass is 35.5. The largest absolute Gasteiger partial charge is 0.309 e. The Hall–Kier alpha value is -1.56. The lowest BCUT2D eigenvalue weighted by Gasteiger charge is -2.35. The summed E-state index contributed by atoms with van der Waals surface area (Å²) >= 11 is 7.50. The number of benzene rings is 2. The molecule has 28 heavy (non-hydrogen) atoms. The van der Waals surface area contributed by atoms with Crippen molar-refractivity contribution in [2.45, 2.75) is 47.5 Å². The first-order chi connectivity index (χ1) is 13.2. The zero-order valence-electron chi connectivity index (χ0n) is 15.9. The van der Waals surface area contributed by atoms with Gasteiger partial charge in [0.25, 0.3) is 0 Å². The average molecular weight is 436 g/mol. The summed E-state index contributed by atoms with van der Waals surface area (Å²) in [6.07, 6.45) is 0. The minimum absolute atomic E-state index is 0.0596. The lowest BCUT2D eigenvalue weighted by Crippen LogP contribution is -2.55. The van der Waals surface area contributed by atoms with Gasteiger partial charge in [-0.05, 0) is 62.7 Å². The molecule has 0 aliphatic carbocycles. The standard InChI is InChI=1S/C20H22ClN3O2S2/c1-13-6-17(21)9-18(7-13)27-19-5-4-16(10-22)8-20(19)28(25,26)24-11-14(2)23-15(3)12-24/h4-9,14-15,23H,11-12H2,1-3H3. The maximum atomic E-state index is 13.4. The maximum absolute atomic E-state index is 13.4. The molecule has 2 unspecified atom stereocenters. The summed E-state index contributed by atoms with van der Waals surface area (Å²) in [5.74, 6) is 0. The summed E-state index contributed by atoms with van der Waals surface area (Å²) in [4.78, 5) is 1.60. The molecule has 2 atom stereocenters. The first-order valence-electron chi connectivity index (χ1n) is 8.94. The molecular formula is C20H22ClN3O2S2. The molecule has 2 aromatic carbocycles. The lowest BCUT2D eigenvalue weighted by molar-refractivity contribution is 0.262. The average Bonchev–Trinajstić information content (AvgIpc) is 2.60. The van der Waals surface area contributed by atoms with Crippen molar-refractivity contribution < 1.29 is 8.42 Å². The molecular weight excluding hydrogens is 414 g/mol. The van der Waals surface area contributed by atoms with E-state index in [1.165, 1.54) is 22.1 Å². The molecule has 1 aliphatic rings. The van der Waals surface area contributed by atoms with Crippen LogP contribution >= 0.6 is 23.4 Å². The molecule has 1 saturated heterocycles. The number of nitrogens with zero attached hydrogens (tertiary/aromatic N) is 2. The van der Waals surface area contributed by atoms with Gasteiger partial charge in [-0.2, -0.15) is 9.57 Å². The second kappa shape index (κ2) is 8.44. The van der Waals surface area contributed by atoms with Crippen LogP contribution in [0.1, 0.15) is 25.0 Å². The predicted octanol–water partition coefficient (Wildman–Crippen LogP) is 4.04. The second-order valence-corrected chi connectivity index (χ2v) is 10.6. The van der Waals surface area contributed by atoms with Crippen LogP contribution in [0.5, 0.6) is 0 Å². The lowest BCUT2D eigenvalue weighted by atomic mass is 10.2. The Morgan fingerprint density at radius 2 is 1.86 bits per heavy atom. The molecule has 1 fully saturated rings. The van der Waals surface area contributed by atoms with E-state index < -0.39 is 10.0 Å². The molecule has 1 N–H and O–H groups in total. The summed E-state index contributed by atoms with van der Waals surface area (Å²) in [6.45, 7) is 6.66. The molecule has 3 rings (SSSR count). The van der Waals surface area contributed by atoms with Gasteiger partial charge in [0.2, 0.25) is 10.0 Å². The topological polar surface area (TPSA) is 73.2 Å². The zero-order valence-corrected chi connectivity index (χ0v) is 18.3. The number of nitriles is 1. The van der Waals surface area contributed by atoms with Crippen molar-refractivity contribution in [1.82, 2.24) is 9.62 Å². The van der Waals surface area contributed by atoms with Crippen LogP contribution in [0.25, 0.3) is 0 Å². The van der Waals surface area contributed by atoms with Crippen molar-refractivity contribution >= 4 is 33.4 Å². The zero-order chi connectivity index (χ0) is 20.5. The molecule has 5 nitrogen and oxygen atoms in total. The number of rotatable bonds is 4. The Morgan fingerprint density at radius 1 is 1.18 bits per heavy atom. The number of sulfonamides is 1. The van der Waals surface area contributed by atoms with Crippen molar-refractivity contribution in [3.63, 3.8) is 0 Å².